The van der Waals surface area contributed by atoms with Crippen molar-refractivity contribution in [2.75, 3.05) is 7.11 Å². The number of aromatic nitrogens is 1. The standard InChI is InChI=1S/C18H19F3N2O3/c1-10-8-13(18(19,20)21)15(16(24)23(10)2)12-6-4-11(5-7-12)9-14(22)17(25)26-3/h4-8,14H,9,22H2,1-3H3. The molecule has 140 valence electrons. The highest BCUT2D eigenvalue weighted by atomic mass is 19.4. The highest BCUT2D eigenvalue weighted by Crippen LogP contribution is 2.35. The lowest BCUT2D eigenvalue weighted by Crippen LogP contribution is -2.33. The average molecular weight is 368 g/mol. The number of methoxy groups -OCH3 is 1. The van der Waals surface area contributed by atoms with E-state index in [-0.39, 0.29) is 17.7 Å². The second-order valence-electron chi connectivity index (χ2n) is 5.97. The molecular formula is C18H19F3N2O3. The summed E-state index contributed by atoms with van der Waals surface area (Å²) >= 11 is 0. The van der Waals surface area contributed by atoms with E-state index in [0.29, 0.717) is 5.56 Å². The maximum Gasteiger partial charge on any atom is 0.417 e. The molecule has 0 aliphatic rings. The van der Waals surface area contributed by atoms with Gasteiger partial charge < -0.3 is 15.0 Å². The van der Waals surface area contributed by atoms with Crippen LogP contribution in [0.5, 0.6) is 0 Å². The second kappa shape index (κ2) is 7.33. The molecule has 0 spiro atoms. The number of nitrogens with two attached hydrogens (primary N) is 1. The molecule has 0 saturated carbocycles. The number of pyridine rings is 1. The highest BCUT2D eigenvalue weighted by Gasteiger charge is 2.35. The Morgan fingerprint density at radius 3 is 2.35 bits per heavy atom. The Labute approximate surface area is 148 Å². The lowest BCUT2D eigenvalue weighted by atomic mass is 9.97. The van der Waals surface area contributed by atoms with Crippen molar-refractivity contribution in [2.24, 2.45) is 12.8 Å². The molecule has 0 amide bonds. The predicted octanol–water partition coefficient (Wildman–Crippen LogP) is 2.42. The molecule has 1 aromatic carbocycles. The highest BCUT2D eigenvalue weighted by molar-refractivity contribution is 5.75. The van der Waals surface area contributed by atoms with Crippen LogP contribution in [0.15, 0.2) is 35.1 Å². The quantitative estimate of drug-likeness (QED) is 0.841. The monoisotopic (exact) mass is 368 g/mol. The van der Waals surface area contributed by atoms with Gasteiger partial charge in [0.1, 0.15) is 6.04 Å². The summed E-state index contributed by atoms with van der Waals surface area (Å²) in [6.45, 7) is 1.44. The van der Waals surface area contributed by atoms with Gasteiger partial charge in [-0.05, 0) is 30.5 Å². The number of esters is 1. The van der Waals surface area contributed by atoms with E-state index in [1.54, 1.807) is 0 Å². The fourth-order valence-electron chi connectivity index (χ4n) is 2.62. The molecule has 0 aliphatic heterocycles. The van der Waals surface area contributed by atoms with E-state index in [2.05, 4.69) is 4.74 Å². The lowest BCUT2D eigenvalue weighted by Gasteiger charge is -2.16. The van der Waals surface area contributed by atoms with Crippen molar-refractivity contribution in [3.8, 4) is 11.1 Å². The third-order valence-corrected chi connectivity index (χ3v) is 4.18. The zero-order valence-corrected chi connectivity index (χ0v) is 14.6. The minimum Gasteiger partial charge on any atom is -0.468 e. The van der Waals surface area contributed by atoms with Crippen molar-refractivity contribution in [1.29, 1.82) is 0 Å². The van der Waals surface area contributed by atoms with Gasteiger partial charge in [-0.3, -0.25) is 9.59 Å². The number of benzene rings is 1. The third-order valence-electron chi connectivity index (χ3n) is 4.18. The number of carbonyl (C=O) groups is 1. The van der Waals surface area contributed by atoms with E-state index in [1.165, 1.54) is 49.9 Å². The fraction of sp³-hybridized carbons (Fsp3) is 0.333. The van der Waals surface area contributed by atoms with Crippen LogP contribution in [0, 0.1) is 6.92 Å². The molecule has 1 aromatic heterocycles. The molecule has 2 N–H and O–H groups in total. The third kappa shape index (κ3) is 3.96. The summed E-state index contributed by atoms with van der Waals surface area (Å²) in [6, 6.07) is 6.00. The molecule has 1 unspecified atom stereocenters. The molecule has 2 aromatic rings. The predicted molar refractivity (Wildman–Crippen MR) is 90.6 cm³/mol. The summed E-state index contributed by atoms with van der Waals surface area (Å²) in [5.41, 5.74) is 4.57. The number of hydrogen-bond acceptors (Lipinski definition) is 4. The van der Waals surface area contributed by atoms with Crippen LogP contribution in [0.4, 0.5) is 13.2 Å². The Morgan fingerprint density at radius 2 is 1.85 bits per heavy atom. The van der Waals surface area contributed by atoms with Crippen molar-refractivity contribution in [2.45, 2.75) is 25.6 Å². The van der Waals surface area contributed by atoms with Crippen LogP contribution < -0.4 is 11.3 Å². The van der Waals surface area contributed by atoms with Crippen LogP contribution >= 0.6 is 0 Å². The van der Waals surface area contributed by atoms with E-state index in [4.69, 9.17) is 5.73 Å². The van der Waals surface area contributed by atoms with Gasteiger partial charge in [-0.2, -0.15) is 13.2 Å². The van der Waals surface area contributed by atoms with Crippen molar-refractivity contribution in [3.63, 3.8) is 0 Å². The van der Waals surface area contributed by atoms with E-state index in [9.17, 15) is 22.8 Å². The first-order chi connectivity index (χ1) is 12.1. The molecule has 1 heterocycles. The topological polar surface area (TPSA) is 74.3 Å². The SMILES string of the molecule is COC(=O)C(N)Cc1ccc(-c2c(C(F)(F)F)cc(C)n(C)c2=O)cc1. The minimum absolute atomic E-state index is 0.147. The van der Waals surface area contributed by atoms with Crippen LogP contribution in [-0.4, -0.2) is 23.7 Å². The number of rotatable bonds is 4. The summed E-state index contributed by atoms with van der Waals surface area (Å²) in [5.74, 6) is -0.583. The molecule has 5 nitrogen and oxygen atoms in total. The number of halogens is 3. The van der Waals surface area contributed by atoms with Gasteiger partial charge in [0, 0.05) is 12.7 Å². The number of alkyl halides is 3. The summed E-state index contributed by atoms with van der Waals surface area (Å²) in [5, 5.41) is 0. The maximum atomic E-state index is 13.4. The van der Waals surface area contributed by atoms with E-state index < -0.39 is 34.9 Å². The molecular weight excluding hydrogens is 349 g/mol. The van der Waals surface area contributed by atoms with Crippen LogP contribution in [0.1, 0.15) is 16.8 Å². The number of ether oxygens (including phenoxy) is 1. The van der Waals surface area contributed by atoms with Crippen molar-refractivity contribution in [1.82, 2.24) is 4.57 Å². The molecule has 0 fully saturated rings. The molecule has 0 bridgehead atoms. The fourth-order valence-corrected chi connectivity index (χ4v) is 2.62. The van der Waals surface area contributed by atoms with Gasteiger partial charge in [0.2, 0.25) is 0 Å². The van der Waals surface area contributed by atoms with Gasteiger partial charge in [-0.15, -0.1) is 0 Å². The van der Waals surface area contributed by atoms with Gasteiger partial charge in [0.05, 0.1) is 18.2 Å². The van der Waals surface area contributed by atoms with Gasteiger partial charge in [0.15, 0.2) is 0 Å². The normalized spacial score (nSPS) is 12.7. The summed E-state index contributed by atoms with van der Waals surface area (Å²) in [6.07, 6.45) is -4.48. The maximum absolute atomic E-state index is 13.4. The van der Waals surface area contributed by atoms with E-state index in [1.807, 2.05) is 0 Å². The first-order valence-electron chi connectivity index (χ1n) is 7.76. The van der Waals surface area contributed by atoms with Crippen LogP contribution in [0.2, 0.25) is 0 Å². The van der Waals surface area contributed by atoms with E-state index >= 15 is 0 Å². The van der Waals surface area contributed by atoms with Gasteiger partial charge >= 0.3 is 12.1 Å². The number of nitrogens with zero attached hydrogens (tertiary/aromatic N) is 1. The molecule has 0 aliphatic carbocycles. The lowest BCUT2D eigenvalue weighted by molar-refractivity contribution is -0.142. The number of aryl methyl sites for hydroxylation is 1. The van der Waals surface area contributed by atoms with Crippen molar-refractivity contribution >= 4 is 5.97 Å². The smallest absolute Gasteiger partial charge is 0.417 e. The number of carbonyl (C=O) groups excluding carboxylic acids is 1. The van der Waals surface area contributed by atoms with Crippen molar-refractivity contribution in [3.05, 3.63) is 57.5 Å². The van der Waals surface area contributed by atoms with Crippen LogP contribution in [-0.2, 0) is 29.2 Å². The second-order valence-corrected chi connectivity index (χ2v) is 5.97. The Kier molecular flexibility index (Phi) is 5.56. The summed E-state index contributed by atoms with van der Waals surface area (Å²) in [7, 11) is 2.64. The Bertz CT molecular complexity index is 871. The van der Waals surface area contributed by atoms with E-state index in [0.717, 1.165) is 6.07 Å². The van der Waals surface area contributed by atoms with Gasteiger partial charge in [0.25, 0.3) is 5.56 Å². The van der Waals surface area contributed by atoms with Crippen LogP contribution in [0.25, 0.3) is 11.1 Å². The Morgan fingerprint density at radius 1 is 1.27 bits per heavy atom. The molecule has 1 atom stereocenters. The molecule has 26 heavy (non-hydrogen) atoms. The van der Waals surface area contributed by atoms with Gasteiger partial charge in [-0.1, -0.05) is 24.3 Å². The summed E-state index contributed by atoms with van der Waals surface area (Å²) in [4.78, 5) is 23.8. The zero-order chi connectivity index (χ0) is 19.6. The molecule has 8 heteroatoms. The van der Waals surface area contributed by atoms with Gasteiger partial charge in [-0.25, -0.2) is 0 Å². The van der Waals surface area contributed by atoms with Crippen LogP contribution in [0.3, 0.4) is 0 Å². The Hall–Kier alpha value is -2.61. The molecule has 0 saturated heterocycles. The summed E-state index contributed by atoms with van der Waals surface area (Å²) < 4.78 is 45.9. The zero-order valence-electron chi connectivity index (χ0n) is 14.6. The van der Waals surface area contributed by atoms with Crippen molar-refractivity contribution < 1.29 is 22.7 Å². The minimum atomic E-state index is -4.65. The molecule has 0 radical (unpaired) electrons. The first-order valence-corrected chi connectivity index (χ1v) is 7.76. The average Bonchev–Trinajstić information content (AvgIpc) is 2.58. The Balaban J connectivity index is 2.48. The first kappa shape index (κ1) is 19.7. The molecule has 2 rings (SSSR count). The largest absolute Gasteiger partial charge is 0.468 e. The number of hydrogen-bond donors (Lipinski definition) is 1.